The first-order chi connectivity index (χ1) is 8.15. The Bertz CT molecular complexity index is 604. The summed E-state index contributed by atoms with van der Waals surface area (Å²) in [6.07, 6.45) is 3.93. The van der Waals surface area contributed by atoms with E-state index in [0.29, 0.717) is 5.56 Å². The fraction of sp³-hybridized carbons (Fsp3) is 0.100. The van der Waals surface area contributed by atoms with Gasteiger partial charge in [-0.15, -0.1) is 0 Å². The number of hydrogen-bond acceptors (Lipinski definition) is 7. The van der Waals surface area contributed by atoms with Gasteiger partial charge in [0, 0.05) is 0 Å². The quantitative estimate of drug-likeness (QED) is 0.481. The minimum atomic E-state index is -0.0719. The number of isocyanates is 3. The van der Waals surface area contributed by atoms with Crippen LogP contribution >= 0.6 is 0 Å². The molecule has 84 valence electrons. The van der Waals surface area contributed by atoms with Gasteiger partial charge in [0.15, 0.2) is 0 Å². The van der Waals surface area contributed by atoms with E-state index in [9.17, 15) is 14.4 Å². The van der Waals surface area contributed by atoms with Crippen LogP contribution in [0.1, 0.15) is 5.56 Å². The summed E-state index contributed by atoms with van der Waals surface area (Å²) >= 11 is 0. The molecule has 0 fully saturated rings. The van der Waals surface area contributed by atoms with Crippen molar-refractivity contribution in [3.8, 4) is 0 Å². The number of nitrogen functional groups attached to an aromatic ring is 1. The maximum atomic E-state index is 10.3. The molecule has 1 rings (SSSR count). The van der Waals surface area contributed by atoms with Crippen LogP contribution < -0.4 is 5.73 Å². The molecular weight excluding hydrogens is 224 g/mol. The van der Waals surface area contributed by atoms with E-state index in [1.807, 2.05) is 0 Å². The molecule has 17 heavy (non-hydrogen) atoms. The Morgan fingerprint density at radius 3 is 2.06 bits per heavy atom. The molecule has 0 spiro atoms. The number of nitrogens with zero attached hydrogens (tertiary/aromatic N) is 3. The lowest BCUT2D eigenvalue weighted by atomic mass is 10.1. The summed E-state index contributed by atoms with van der Waals surface area (Å²) in [5.74, 6) is 0. The molecular formula is C10H6N4O3. The van der Waals surface area contributed by atoms with Crippen molar-refractivity contribution in [1.82, 2.24) is 0 Å². The normalized spacial score (nSPS) is 8.53. The molecule has 0 bridgehead atoms. The zero-order chi connectivity index (χ0) is 12.8. The van der Waals surface area contributed by atoms with Crippen LogP contribution in [0.25, 0.3) is 0 Å². The maximum absolute atomic E-state index is 10.3. The third-order valence-electron chi connectivity index (χ3n) is 1.96. The van der Waals surface area contributed by atoms with Gasteiger partial charge in [-0.3, -0.25) is 0 Å². The second-order valence-electron chi connectivity index (χ2n) is 2.93. The van der Waals surface area contributed by atoms with Crippen LogP contribution in [-0.4, -0.2) is 18.2 Å². The Hall–Kier alpha value is -2.84. The van der Waals surface area contributed by atoms with E-state index in [2.05, 4.69) is 15.0 Å². The van der Waals surface area contributed by atoms with Crippen LogP contribution in [0, 0.1) is 6.92 Å². The Morgan fingerprint density at radius 1 is 1.00 bits per heavy atom. The summed E-state index contributed by atoms with van der Waals surface area (Å²) in [6.45, 7) is 1.59. The van der Waals surface area contributed by atoms with Crippen LogP contribution in [0.5, 0.6) is 0 Å². The number of anilines is 1. The van der Waals surface area contributed by atoms with Gasteiger partial charge in [0.05, 0.1) is 5.69 Å². The fourth-order valence-electron chi connectivity index (χ4n) is 1.27. The van der Waals surface area contributed by atoms with Crippen LogP contribution in [0.15, 0.2) is 21.0 Å². The van der Waals surface area contributed by atoms with Gasteiger partial charge in [-0.2, -0.15) is 15.0 Å². The van der Waals surface area contributed by atoms with Crippen LogP contribution in [0.3, 0.4) is 0 Å². The molecule has 0 aliphatic heterocycles. The highest BCUT2D eigenvalue weighted by molar-refractivity contribution is 5.89. The van der Waals surface area contributed by atoms with Crippen molar-refractivity contribution >= 4 is 41.0 Å². The Kier molecular flexibility index (Phi) is 3.81. The maximum Gasteiger partial charge on any atom is 0.240 e. The number of hydrogen-bond donors (Lipinski definition) is 1. The van der Waals surface area contributed by atoms with Crippen molar-refractivity contribution in [3.63, 3.8) is 0 Å². The van der Waals surface area contributed by atoms with Gasteiger partial charge >= 0.3 is 0 Å². The van der Waals surface area contributed by atoms with Crippen molar-refractivity contribution < 1.29 is 14.4 Å². The Labute approximate surface area is 95.4 Å². The molecule has 0 aliphatic carbocycles. The third kappa shape index (κ3) is 2.40. The summed E-state index contributed by atoms with van der Waals surface area (Å²) < 4.78 is 0. The summed E-state index contributed by atoms with van der Waals surface area (Å²) in [4.78, 5) is 40.8. The van der Waals surface area contributed by atoms with Crippen LogP contribution in [0.2, 0.25) is 0 Å². The number of carbonyl (C=O) groups excluding carboxylic acids is 3. The van der Waals surface area contributed by atoms with E-state index in [4.69, 9.17) is 5.73 Å². The molecule has 0 saturated heterocycles. The number of aliphatic imine (C=N–C) groups is 3. The van der Waals surface area contributed by atoms with Gasteiger partial charge in [-0.25, -0.2) is 14.4 Å². The van der Waals surface area contributed by atoms with Gasteiger partial charge in [0.2, 0.25) is 18.2 Å². The van der Waals surface area contributed by atoms with Gasteiger partial charge in [0.1, 0.15) is 17.1 Å². The van der Waals surface area contributed by atoms with Gasteiger partial charge in [0.25, 0.3) is 0 Å². The molecule has 0 aliphatic rings. The van der Waals surface area contributed by atoms with Crippen molar-refractivity contribution in [1.29, 1.82) is 0 Å². The van der Waals surface area contributed by atoms with Gasteiger partial charge in [-0.1, -0.05) is 0 Å². The summed E-state index contributed by atoms with van der Waals surface area (Å²) in [5.41, 5.74) is 6.14. The average Bonchev–Trinajstić information content (AvgIpc) is 2.30. The molecule has 0 radical (unpaired) electrons. The first kappa shape index (κ1) is 12.2. The molecule has 1 aromatic rings. The average molecular weight is 230 g/mol. The van der Waals surface area contributed by atoms with E-state index in [0.717, 1.165) is 0 Å². The topological polar surface area (TPSA) is 114 Å². The molecule has 1 aromatic carbocycles. The zero-order valence-electron chi connectivity index (χ0n) is 8.72. The highest BCUT2D eigenvalue weighted by Gasteiger charge is 2.13. The van der Waals surface area contributed by atoms with Crippen molar-refractivity contribution in [2.75, 3.05) is 5.73 Å². The second-order valence-corrected chi connectivity index (χ2v) is 2.93. The molecule has 7 heteroatoms. The van der Waals surface area contributed by atoms with Gasteiger partial charge < -0.3 is 5.73 Å². The van der Waals surface area contributed by atoms with E-state index in [1.165, 1.54) is 24.3 Å². The second kappa shape index (κ2) is 5.30. The Balaban J connectivity index is 3.75. The molecule has 0 saturated carbocycles. The first-order valence-electron chi connectivity index (χ1n) is 4.32. The zero-order valence-corrected chi connectivity index (χ0v) is 8.72. The largest absolute Gasteiger partial charge is 0.395 e. The van der Waals surface area contributed by atoms with E-state index in [1.54, 1.807) is 6.92 Å². The minimum absolute atomic E-state index is 0.0590. The smallest absolute Gasteiger partial charge is 0.240 e. The minimum Gasteiger partial charge on any atom is -0.395 e. The van der Waals surface area contributed by atoms with Crippen molar-refractivity contribution in [2.24, 2.45) is 15.0 Å². The number of rotatable bonds is 3. The third-order valence-corrected chi connectivity index (χ3v) is 1.96. The standard InChI is InChI=1S/C10H6N4O3/c1-6-2-7(12-3-15)8(11)10(14-5-17)9(6)13-4-16/h2H,11H2,1H3. The SMILES string of the molecule is Cc1cc(N=C=O)c(N)c(N=C=O)c1N=C=O. The predicted octanol–water partition coefficient (Wildman–Crippen LogP) is 1.48. The number of benzene rings is 1. The first-order valence-corrected chi connectivity index (χ1v) is 4.32. The summed E-state index contributed by atoms with van der Waals surface area (Å²) in [6, 6.07) is 1.42. The molecule has 7 nitrogen and oxygen atoms in total. The summed E-state index contributed by atoms with van der Waals surface area (Å²) in [5, 5.41) is 0. The fourth-order valence-corrected chi connectivity index (χ4v) is 1.27. The molecule has 0 amide bonds. The highest BCUT2D eigenvalue weighted by Crippen LogP contribution is 2.42. The molecule has 0 atom stereocenters. The van der Waals surface area contributed by atoms with E-state index in [-0.39, 0.29) is 22.7 Å². The summed E-state index contributed by atoms with van der Waals surface area (Å²) in [7, 11) is 0. The monoisotopic (exact) mass is 230 g/mol. The lowest BCUT2D eigenvalue weighted by molar-refractivity contribution is 0.564. The van der Waals surface area contributed by atoms with Crippen LogP contribution in [0.4, 0.5) is 22.7 Å². The number of nitrogens with two attached hydrogens (primary N) is 1. The molecule has 0 heterocycles. The predicted molar refractivity (Wildman–Crippen MR) is 58.9 cm³/mol. The Morgan fingerprint density at radius 2 is 1.53 bits per heavy atom. The van der Waals surface area contributed by atoms with E-state index >= 15 is 0 Å². The lowest BCUT2D eigenvalue weighted by Crippen LogP contribution is -1.89. The highest BCUT2D eigenvalue weighted by atomic mass is 16.1. The number of aryl methyl sites for hydroxylation is 1. The molecule has 2 N–H and O–H groups in total. The van der Waals surface area contributed by atoms with E-state index < -0.39 is 0 Å². The van der Waals surface area contributed by atoms with Crippen molar-refractivity contribution in [2.45, 2.75) is 6.92 Å². The molecule has 0 unspecified atom stereocenters. The van der Waals surface area contributed by atoms with Crippen LogP contribution in [-0.2, 0) is 14.4 Å². The lowest BCUT2D eigenvalue weighted by Gasteiger charge is -2.07. The van der Waals surface area contributed by atoms with Gasteiger partial charge in [-0.05, 0) is 18.6 Å². The molecule has 0 aromatic heterocycles. The van der Waals surface area contributed by atoms with Crippen molar-refractivity contribution in [3.05, 3.63) is 11.6 Å².